The van der Waals surface area contributed by atoms with Gasteiger partial charge < -0.3 is 9.68 Å². The van der Waals surface area contributed by atoms with Crippen LogP contribution in [-0.4, -0.2) is 46.8 Å². The van der Waals surface area contributed by atoms with Gasteiger partial charge in [-0.15, -0.1) is 0 Å². The number of hydrogen-bond donors (Lipinski definition) is 0. The molecule has 2 aliphatic rings. The average molecular weight is 392 g/mol. The van der Waals surface area contributed by atoms with Crippen LogP contribution in [0.1, 0.15) is 51.4 Å². The molecule has 0 spiro atoms. The van der Waals surface area contributed by atoms with Crippen LogP contribution in [-0.2, 0) is 33.6 Å². The van der Waals surface area contributed by atoms with Crippen molar-refractivity contribution in [2.75, 3.05) is 7.05 Å². The third-order valence-corrected chi connectivity index (χ3v) is 4.42. The summed E-state index contributed by atoms with van der Waals surface area (Å²) in [5, 5.41) is 1.25. The van der Waals surface area contributed by atoms with Gasteiger partial charge in [0, 0.05) is 32.0 Å². The Bertz CT molecular complexity index is 680. The van der Waals surface area contributed by atoms with E-state index in [1.165, 1.54) is 7.05 Å². The molecule has 0 aromatic heterocycles. The summed E-state index contributed by atoms with van der Waals surface area (Å²) in [6.45, 7) is 0. The van der Waals surface area contributed by atoms with E-state index in [1.807, 2.05) is 6.08 Å². The Morgan fingerprint density at radius 2 is 1.75 bits per heavy atom. The number of amides is 3. The minimum atomic E-state index is -0.805. The Kier molecular flexibility index (Phi) is 7.91. The van der Waals surface area contributed by atoms with Gasteiger partial charge in [0.25, 0.3) is 17.7 Å². The van der Waals surface area contributed by atoms with E-state index in [0.717, 1.165) is 42.9 Å². The molecule has 0 radical (unpaired) electrons. The first-order valence-electron chi connectivity index (χ1n) is 9.28. The molecule has 1 aliphatic heterocycles. The van der Waals surface area contributed by atoms with E-state index in [-0.39, 0.29) is 25.2 Å². The summed E-state index contributed by atoms with van der Waals surface area (Å²) in [7, 11) is 1.36. The highest BCUT2D eigenvalue weighted by Crippen LogP contribution is 2.20. The Labute approximate surface area is 162 Å². The van der Waals surface area contributed by atoms with E-state index in [2.05, 4.69) is 10.9 Å². The van der Waals surface area contributed by atoms with Crippen molar-refractivity contribution in [1.29, 1.82) is 0 Å². The lowest BCUT2D eigenvalue weighted by Crippen LogP contribution is -2.33. The summed E-state index contributed by atoms with van der Waals surface area (Å²) in [4.78, 5) is 68.4. The highest BCUT2D eigenvalue weighted by atomic mass is 16.7. The lowest BCUT2D eigenvalue weighted by molar-refractivity contribution is -0.198. The van der Waals surface area contributed by atoms with Crippen molar-refractivity contribution >= 4 is 29.7 Å². The number of nitrogens with zero attached hydrogens (tertiary/aromatic N) is 2. The molecule has 0 aromatic rings. The van der Waals surface area contributed by atoms with Crippen molar-refractivity contribution in [2.45, 2.75) is 51.4 Å². The molecular formula is C19H24N2O7. The van der Waals surface area contributed by atoms with E-state index in [4.69, 9.17) is 4.84 Å². The van der Waals surface area contributed by atoms with Crippen LogP contribution in [0.4, 0.5) is 0 Å². The zero-order chi connectivity index (χ0) is 20.5. The van der Waals surface area contributed by atoms with Gasteiger partial charge in [-0.1, -0.05) is 17.2 Å². The van der Waals surface area contributed by atoms with Crippen LogP contribution in [0.3, 0.4) is 0 Å². The molecule has 9 nitrogen and oxygen atoms in total. The van der Waals surface area contributed by atoms with Gasteiger partial charge in [-0.3, -0.25) is 14.4 Å². The largest absolute Gasteiger partial charge is 0.338 e. The van der Waals surface area contributed by atoms with Gasteiger partial charge >= 0.3 is 11.9 Å². The number of hydrogen-bond acceptors (Lipinski definition) is 7. The highest BCUT2D eigenvalue weighted by molar-refractivity contribution is 6.12. The fourth-order valence-corrected chi connectivity index (χ4v) is 2.82. The van der Waals surface area contributed by atoms with E-state index in [0.29, 0.717) is 11.5 Å². The second kappa shape index (κ2) is 10.4. The molecule has 1 atom stereocenters. The van der Waals surface area contributed by atoms with Crippen molar-refractivity contribution < 1.29 is 33.6 Å². The van der Waals surface area contributed by atoms with E-state index >= 15 is 0 Å². The van der Waals surface area contributed by atoms with Crippen LogP contribution < -0.4 is 0 Å². The minimum absolute atomic E-state index is 0.0492. The van der Waals surface area contributed by atoms with E-state index < -0.39 is 29.7 Å². The van der Waals surface area contributed by atoms with Gasteiger partial charge in [0.1, 0.15) is 0 Å². The molecular weight excluding hydrogens is 368 g/mol. The van der Waals surface area contributed by atoms with Crippen molar-refractivity contribution in [2.24, 2.45) is 5.92 Å². The SMILES string of the molecule is CN(OC(=O)C1CCC=CCCC1)C(=O)CCCC(=O)ON1C(=O)C=CC1=O. The summed E-state index contributed by atoms with van der Waals surface area (Å²) in [6, 6.07) is 0. The second-order valence-electron chi connectivity index (χ2n) is 6.60. The fourth-order valence-electron chi connectivity index (χ4n) is 2.82. The number of rotatable bonds is 6. The van der Waals surface area contributed by atoms with Crippen LogP contribution in [0.5, 0.6) is 0 Å². The lowest BCUT2D eigenvalue weighted by atomic mass is 9.94. The Morgan fingerprint density at radius 3 is 2.46 bits per heavy atom. The standard InChI is InChI=1S/C19H24N2O7/c1-20(28-19(26)14-8-5-3-2-4-6-9-14)15(22)10-7-11-18(25)27-21-16(23)12-13-17(21)24/h2-3,12-14H,4-11H2,1H3. The molecule has 152 valence electrons. The van der Waals surface area contributed by atoms with E-state index in [9.17, 15) is 24.0 Å². The molecule has 0 aromatic carbocycles. The molecule has 28 heavy (non-hydrogen) atoms. The summed E-state index contributed by atoms with van der Waals surface area (Å²) in [5.74, 6) is -3.39. The van der Waals surface area contributed by atoms with Crippen LogP contribution in [0.15, 0.2) is 24.3 Å². The molecule has 1 aliphatic carbocycles. The van der Waals surface area contributed by atoms with Crippen molar-refractivity contribution in [1.82, 2.24) is 10.1 Å². The van der Waals surface area contributed by atoms with Crippen molar-refractivity contribution in [3.63, 3.8) is 0 Å². The summed E-state index contributed by atoms with van der Waals surface area (Å²) < 4.78 is 0. The normalized spacial score (nSPS) is 19.2. The molecule has 0 N–H and O–H groups in total. The maximum atomic E-state index is 12.2. The molecule has 0 bridgehead atoms. The number of carbonyl (C=O) groups is 5. The molecule has 3 amide bonds. The van der Waals surface area contributed by atoms with Gasteiger partial charge in [0.05, 0.1) is 5.92 Å². The van der Waals surface area contributed by atoms with Crippen LogP contribution in [0.25, 0.3) is 0 Å². The summed E-state index contributed by atoms with van der Waals surface area (Å²) >= 11 is 0. The van der Waals surface area contributed by atoms with Crippen LogP contribution in [0.2, 0.25) is 0 Å². The maximum Gasteiger partial charge on any atom is 0.335 e. The first-order chi connectivity index (χ1) is 13.4. The summed E-state index contributed by atoms with van der Waals surface area (Å²) in [6.07, 6.45) is 10.1. The number of imide groups is 1. The lowest BCUT2D eigenvalue weighted by Gasteiger charge is -2.21. The quantitative estimate of drug-likeness (QED) is 0.383. The molecule has 0 saturated carbocycles. The zero-order valence-corrected chi connectivity index (χ0v) is 15.8. The van der Waals surface area contributed by atoms with Crippen LogP contribution in [0, 0.1) is 5.92 Å². The van der Waals surface area contributed by atoms with Gasteiger partial charge in [-0.25, -0.2) is 9.59 Å². The third kappa shape index (κ3) is 6.33. The Balaban J connectivity index is 1.68. The van der Waals surface area contributed by atoms with Gasteiger partial charge in [-0.05, 0) is 38.5 Å². The van der Waals surface area contributed by atoms with Gasteiger partial charge in [0.2, 0.25) is 0 Å². The van der Waals surface area contributed by atoms with Gasteiger partial charge in [0.15, 0.2) is 0 Å². The zero-order valence-electron chi connectivity index (χ0n) is 15.8. The second-order valence-corrected chi connectivity index (χ2v) is 6.60. The van der Waals surface area contributed by atoms with E-state index in [1.54, 1.807) is 0 Å². The average Bonchev–Trinajstić information content (AvgIpc) is 2.93. The minimum Gasteiger partial charge on any atom is -0.338 e. The fraction of sp³-hybridized carbons (Fsp3) is 0.526. The van der Waals surface area contributed by atoms with Crippen molar-refractivity contribution in [3.05, 3.63) is 24.3 Å². The first-order valence-corrected chi connectivity index (χ1v) is 9.28. The third-order valence-electron chi connectivity index (χ3n) is 4.42. The monoisotopic (exact) mass is 392 g/mol. The molecule has 1 heterocycles. The molecule has 9 heteroatoms. The first kappa shape index (κ1) is 21.3. The number of hydroxylamine groups is 4. The van der Waals surface area contributed by atoms with Crippen LogP contribution >= 0.6 is 0 Å². The topological polar surface area (TPSA) is 110 Å². The molecule has 1 unspecified atom stereocenters. The Hall–Kier alpha value is -2.97. The predicted octanol–water partition coefficient (Wildman–Crippen LogP) is 1.59. The van der Waals surface area contributed by atoms with Gasteiger partial charge in [-0.2, -0.15) is 5.06 Å². The number of allylic oxidation sites excluding steroid dienone is 2. The molecule has 0 fully saturated rings. The summed E-state index contributed by atoms with van der Waals surface area (Å²) in [5.41, 5.74) is 0. The Morgan fingerprint density at radius 1 is 1.07 bits per heavy atom. The molecule has 0 saturated heterocycles. The maximum absolute atomic E-state index is 12.2. The van der Waals surface area contributed by atoms with Crippen molar-refractivity contribution in [3.8, 4) is 0 Å². The molecule has 2 rings (SSSR count). The highest BCUT2D eigenvalue weighted by Gasteiger charge is 2.28. The predicted molar refractivity (Wildman–Crippen MR) is 95.5 cm³/mol. The number of carbonyl (C=O) groups excluding carboxylic acids is 5. The smallest absolute Gasteiger partial charge is 0.335 e.